The molecule has 0 saturated heterocycles. The van der Waals surface area contributed by atoms with E-state index in [1.165, 1.54) is 11.1 Å². The smallest absolute Gasteiger partial charge is 0.0684 e. The number of aryl methyl sites for hydroxylation is 2. The summed E-state index contributed by atoms with van der Waals surface area (Å²) < 4.78 is 0. The second-order valence-corrected chi connectivity index (χ2v) is 2.78. The van der Waals surface area contributed by atoms with Gasteiger partial charge in [0.2, 0.25) is 0 Å². The van der Waals surface area contributed by atoms with Gasteiger partial charge in [0.25, 0.3) is 0 Å². The van der Waals surface area contributed by atoms with Crippen molar-refractivity contribution >= 4 is 0 Å². The summed E-state index contributed by atoms with van der Waals surface area (Å²) in [6, 6.07) is 6.16. The van der Waals surface area contributed by atoms with E-state index in [0.29, 0.717) is 0 Å². The van der Waals surface area contributed by atoms with Crippen LogP contribution >= 0.6 is 0 Å². The standard InChI is InChI=1S/C10H14O/c1-3-9-6-8(2)4-5-10(9)7-11/h4-6,11H,3,7H2,1-2H3. The van der Waals surface area contributed by atoms with Crippen LogP contribution in [0.25, 0.3) is 0 Å². The van der Waals surface area contributed by atoms with E-state index in [2.05, 4.69) is 19.9 Å². The average Bonchev–Trinajstić information content (AvgIpc) is 2.04. The first-order chi connectivity index (χ1) is 5.27. The van der Waals surface area contributed by atoms with Gasteiger partial charge in [-0.25, -0.2) is 0 Å². The fourth-order valence-corrected chi connectivity index (χ4v) is 1.24. The molecule has 0 aliphatic carbocycles. The van der Waals surface area contributed by atoms with Crippen LogP contribution in [0.15, 0.2) is 18.2 Å². The highest BCUT2D eigenvalue weighted by Crippen LogP contribution is 2.11. The van der Waals surface area contributed by atoms with E-state index in [0.717, 1.165) is 12.0 Å². The van der Waals surface area contributed by atoms with Gasteiger partial charge >= 0.3 is 0 Å². The minimum atomic E-state index is 0.156. The molecule has 0 fully saturated rings. The Morgan fingerprint density at radius 3 is 2.55 bits per heavy atom. The van der Waals surface area contributed by atoms with E-state index in [1.807, 2.05) is 12.1 Å². The predicted octanol–water partition coefficient (Wildman–Crippen LogP) is 2.05. The third-order valence-corrected chi connectivity index (χ3v) is 1.91. The van der Waals surface area contributed by atoms with Crippen molar-refractivity contribution in [2.75, 3.05) is 0 Å². The maximum absolute atomic E-state index is 8.94. The Bertz CT molecular complexity index is 241. The van der Waals surface area contributed by atoms with Crippen molar-refractivity contribution in [3.63, 3.8) is 0 Å². The van der Waals surface area contributed by atoms with Crippen LogP contribution in [0.5, 0.6) is 0 Å². The highest BCUT2D eigenvalue weighted by Gasteiger charge is 1.97. The maximum Gasteiger partial charge on any atom is 0.0684 e. The molecule has 0 saturated carbocycles. The van der Waals surface area contributed by atoms with Crippen LogP contribution in [0.3, 0.4) is 0 Å². The lowest BCUT2D eigenvalue weighted by Crippen LogP contribution is -1.92. The van der Waals surface area contributed by atoms with E-state index in [1.54, 1.807) is 0 Å². The van der Waals surface area contributed by atoms with Crippen LogP contribution in [-0.4, -0.2) is 5.11 Å². The van der Waals surface area contributed by atoms with Crippen molar-refractivity contribution in [3.05, 3.63) is 34.9 Å². The zero-order valence-electron chi connectivity index (χ0n) is 7.09. The first-order valence-electron chi connectivity index (χ1n) is 3.97. The summed E-state index contributed by atoms with van der Waals surface area (Å²) >= 11 is 0. The van der Waals surface area contributed by atoms with Crippen LogP contribution in [0.1, 0.15) is 23.6 Å². The van der Waals surface area contributed by atoms with Gasteiger partial charge in [0.15, 0.2) is 0 Å². The van der Waals surface area contributed by atoms with Crippen LogP contribution < -0.4 is 0 Å². The Hall–Kier alpha value is -0.820. The molecule has 1 N–H and O–H groups in total. The lowest BCUT2D eigenvalue weighted by Gasteiger charge is -2.04. The molecule has 1 nitrogen and oxygen atoms in total. The van der Waals surface area contributed by atoms with Crippen molar-refractivity contribution < 1.29 is 5.11 Å². The molecule has 60 valence electrons. The van der Waals surface area contributed by atoms with E-state index in [4.69, 9.17) is 5.11 Å². The largest absolute Gasteiger partial charge is 0.392 e. The number of rotatable bonds is 2. The van der Waals surface area contributed by atoms with Crippen molar-refractivity contribution in [2.45, 2.75) is 26.9 Å². The van der Waals surface area contributed by atoms with E-state index < -0.39 is 0 Å². The zero-order valence-corrected chi connectivity index (χ0v) is 7.09. The normalized spacial score (nSPS) is 10.1. The van der Waals surface area contributed by atoms with Crippen molar-refractivity contribution in [1.82, 2.24) is 0 Å². The average molecular weight is 150 g/mol. The lowest BCUT2D eigenvalue weighted by molar-refractivity contribution is 0.280. The quantitative estimate of drug-likeness (QED) is 0.684. The molecule has 1 aromatic carbocycles. The minimum absolute atomic E-state index is 0.156. The Morgan fingerprint density at radius 1 is 1.27 bits per heavy atom. The van der Waals surface area contributed by atoms with Crippen molar-refractivity contribution in [1.29, 1.82) is 0 Å². The molecule has 0 unspecified atom stereocenters. The molecule has 0 amide bonds. The number of benzene rings is 1. The maximum atomic E-state index is 8.94. The summed E-state index contributed by atoms with van der Waals surface area (Å²) in [6.07, 6.45) is 0.998. The molecule has 0 radical (unpaired) electrons. The first kappa shape index (κ1) is 8.28. The molecule has 1 rings (SSSR count). The van der Waals surface area contributed by atoms with Crippen molar-refractivity contribution in [2.24, 2.45) is 0 Å². The monoisotopic (exact) mass is 150 g/mol. The predicted molar refractivity (Wildman–Crippen MR) is 46.5 cm³/mol. The second-order valence-electron chi connectivity index (χ2n) is 2.78. The molecule has 1 heteroatoms. The molecule has 11 heavy (non-hydrogen) atoms. The second kappa shape index (κ2) is 3.54. The molecule has 0 bridgehead atoms. The molecule has 0 atom stereocenters. The molecular formula is C10H14O. The molecule has 1 aromatic rings. The van der Waals surface area contributed by atoms with Gasteiger partial charge in [0.1, 0.15) is 0 Å². The minimum Gasteiger partial charge on any atom is -0.392 e. The van der Waals surface area contributed by atoms with Gasteiger partial charge in [0, 0.05) is 0 Å². The van der Waals surface area contributed by atoms with E-state index in [9.17, 15) is 0 Å². The molecule has 0 spiro atoms. The van der Waals surface area contributed by atoms with E-state index in [-0.39, 0.29) is 6.61 Å². The van der Waals surface area contributed by atoms with Crippen LogP contribution in [0.2, 0.25) is 0 Å². The third-order valence-electron chi connectivity index (χ3n) is 1.91. The Morgan fingerprint density at radius 2 is 2.00 bits per heavy atom. The Kier molecular flexibility index (Phi) is 2.66. The Balaban J connectivity index is 3.06. The van der Waals surface area contributed by atoms with Gasteiger partial charge in [-0.2, -0.15) is 0 Å². The molecular weight excluding hydrogens is 136 g/mol. The summed E-state index contributed by atoms with van der Waals surface area (Å²) in [4.78, 5) is 0. The molecule has 0 aliphatic rings. The lowest BCUT2D eigenvalue weighted by atomic mass is 10.0. The molecule has 0 heterocycles. The first-order valence-corrected chi connectivity index (χ1v) is 3.97. The summed E-state index contributed by atoms with van der Waals surface area (Å²) in [6.45, 7) is 4.33. The van der Waals surface area contributed by atoms with Crippen LogP contribution in [0.4, 0.5) is 0 Å². The van der Waals surface area contributed by atoms with Crippen molar-refractivity contribution in [3.8, 4) is 0 Å². The van der Waals surface area contributed by atoms with Gasteiger partial charge in [-0.3, -0.25) is 0 Å². The van der Waals surface area contributed by atoms with Gasteiger partial charge in [0.05, 0.1) is 6.61 Å². The van der Waals surface area contributed by atoms with Gasteiger partial charge in [-0.1, -0.05) is 30.7 Å². The fraction of sp³-hybridized carbons (Fsp3) is 0.400. The van der Waals surface area contributed by atoms with Gasteiger partial charge < -0.3 is 5.11 Å². The van der Waals surface area contributed by atoms with E-state index >= 15 is 0 Å². The summed E-state index contributed by atoms with van der Waals surface area (Å²) in [7, 11) is 0. The summed E-state index contributed by atoms with van der Waals surface area (Å²) in [5, 5.41) is 8.94. The Labute approximate surface area is 67.7 Å². The molecule has 0 aromatic heterocycles. The topological polar surface area (TPSA) is 20.2 Å². The van der Waals surface area contributed by atoms with Gasteiger partial charge in [-0.15, -0.1) is 0 Å². The van der Waals surface area contributed by atoms with Crippen LogP contribution in [-0.2, 0) is 13.0 Å². The van der Waals surface area contributed by atoms with Gasteiger partial charge in [-0.05, 0) is 24.5 Å². The number of aliphatic hydroxyl groups is 1. The highest BCUT2D eigenvalue weighted by atomic mass is 16.3. The highest BCUT2D eigenvalue weighted by molar-refractivity contribution is 5.30. The fourth-order valence-electron chi connectivity index (χ4n) is 1.24. The number of hydrogen-bond donors (Lipinski definition) is 1. The number of hydrogen-bond acceptors (Lipinski definition) is 1. The molecule has 0 aliphatic heterocycles. The van der Waals surface area contributed by atoms with Crippen LogP contribution in [0, 0.1) is 6.92 Å². The summed E-state index contributed by atoms with van der Waals surface area (Å²) in [5.74, 6) is 0. The number of aliphatic hydroxyl groups excluding tert-OH is 1. The summed E-state index contributed by atoms with van der Waals surface area (Å²) in [5.41, 5.74) is 3.57. The zero-order chi connectivity index (χ0) is 8.27. The SMILES string of the molecule is CCc1cc(C)ccc1CO. The third kappa shape index (κ3) is 1.81.